The average molecular weight is 385 g/mol. The molecule has 1 amide bonds. The summed E-state index contributed by atoms with van der Waals surface area (Å²) >= 11 is 3.07. The molecule has 1 fully saturated rings. The van der Waals surface area contributed by atoms with Crippen LogP contribution in [0.2, 0.25) is 0 Å². The first-order chi connectivity index (χ1) is 9.25. The summed E-state index contributed by atoms with van der Waals surface area (Å²) in [6, 6.07) is 2.43. The number of rotatable bonds is 4. The third kappa shape index (κ3) is 3.15. The van der Waals surface area contributed by atoms with E-state index in [1.165, 1.54) is 11.0 Å². The standard InChI is InChI=1S/C12H12BrClFNO3S/c1-2-16(8-3-4-8)12(17)9-5-7(13)6-10(11(9)15)20(14,18)19/h5-6,8H,2-4H2,1H3. The number of carbonyl (C=O) groups excluding carboxylic acids is 1. The van der Waals surface area contributed by atoms with Gasteiger partial charge in [-0.2, -0.15) is 0 Å². The lowest BCUT2D eigenvalue weighted by atomic mass is 10.2. The first-order valence-corrected chi connectivity index (χ1v) is 9.10. The lowest BCUT2D eigenvalue weighted by Crippen LogP contribution is -2.33. The van der Waals surface area contributed by atoms with Crippen molar-refractivity contribution in [3.63, 3.8) is 0 Å². The normalized spacial score (nSPS) is 15.2. The Labute approximate surface area is 129 Å². The van der Waals surface area contributed by atoms with Gasteiger partial charge in [-0.05, 0) is 31.9 Å². The van der Waals surface area contributed by atoms with Gasteiger partial charge in [-0.1, -0.05) is 15.9 Å². The van der Waals surface area contributed by atoms with E-state index in [4.69, 9.17) is 10.7 Å². The van der Waals surface area contributed by atoms with E-state index >= 15 is 0 Å². The maximum absolute atomic E-state index is 14.2. The van der Waals surface area contributed by atoms with Crippen molar-refractivity contribution in [2.45, 2.75) is 30.7 Å². The average Bonchev–Trinajstić information content (AvgIpc) is 3.15. The number of nitrogens with zero attached hydrogens (tertiary/aromatic N) is 1. The molecule has 0 saturated heterocycles. The number of hydrogen-bond acceptors (Lipinski definition) is 3. The molecule has 2 rings (SSSR count). The van der Waals surface area contributed by atoms with Gasteiger partial charge in [0.05, 0.1) is 5.56 Å². The molecule has 4 nitrogen and oxygen atoms in total. The van der Waals surface area contributed by atoms with Crippen molar-refractivity contribution in [1.82, 2.24) is 4.90 Å². The molecule has 0 heterocycles. The van der Waals surface area contributed by atoms with Crippen molar-refractivity contribution < 1.29 is 17.6 Å². The zero-order chi connectivity index (χ0) is 15.1. The third-order valence-electron chi connectivity index (χ3n) is 3.09. The Morgan fingerprint density at radius 2 is 2.10 bits per heavy atom. The fraction of sp³-hybridized carbons (Fsp3) is 0.417. The maximum atomic E-state index is 14.2. The largest absolute Gasteiger partial charge is 0.336 e. The van der Waals surface area contributed by atoms with Crippen LogP contribution in [0, 0.1) is 5.82 Å². The summed E-state index contributed by atoms with van der Waals surface area (Å²) in [5.41, 5.74) is -0.285. The van der Waals surface area contributed by atoms with Crippen molar-refractivity contribution in [2.24, 2.45) is 0 Å². The second-order valence-electron chi connectivity index (χ2n) is 4.53. The fourth-order valence-electron chi connectivity index (χ4n) is 2.01. The van der Waals surface area contributed by atoms with E-state index in [0.29, 0.717) is 6.54 Å². The van der Waals surface area contributed by atoms with E-state index in [-0.39, 0.29) is 16.1 Å². The van der Waals surface area contributed by atoms with Gasteiger partial charge in [-0.15, -0.1) is 0 Å². The van der Waals surface area contributed by atoms with Crippen LogP contribution < -0.4 is 0 Å². The van der Waals surface area contributed by atoms with Crippen molar-refractivity contribution in [3.8, 4) is 0 Å². The molecule has 1 aromatic rings. The smallest absolute Gasteiger partial charge is 0.264 e. The number of halogens is 3. The van der Waals surface area contributed by atoms with Crippen LogP contribution in [-0.2, 0) is 9.05 Å². The highest BCUT2D eigenvalue weighted by Gasteiger charge is 2.34. The predicted molar refractivity (Wildman–Crippen MR) is 76.9 cm³/mol. The lowest BCUT2D eigenvalue weighted by molar-refractivity contribution is 0.0747. The van der Waals surface area contributed by atoms with Crippen LogP contribution >= 0.6 is 26.6 Å². The molecule has 20 heavy (non-hydrogen) atoms. The third-order valence-corrected chi connectivity index (χ3v) is 4.87. The Balaban J connectivity index is 2.51. The second-order valence-corrected chi connectivity index (χ2v) is 7.98. The number of carbonyl (C=O) groups is 1. The zero-order valence-corrected chi connectivity index (χ0v) is 13.7. The van der Waals surface area contributed by atoms with E-state index in [1.807, 2.05) is 0 Å². The summed E-state index contributed by atoms with van der Waals surface area (Å²) in [6.45, 7) is 2.24. The van der Waals surface area contributed by atoms with E-state index in [0.717, 1.165) is 18.9 Å². The highest BCUT2D eigenvalue weighted by Crippen LogP contribution is 2.31. The Hall–Kier alpha value is -0.660. The molecule has 1 aromatic carbocycles. The van der Waals surface area contributed by atoms with Gasteiger partial charge in [0.2, 0.25) is 0 Å². The minimum absolute atomic E-state index is 0.113. The Bertz CT molecular complexity index is 661. The minimum Gasteiger partial charge on any atom is -0.336 e. The van der Waals surface area contributed by atoms with Gasteiger partial charge in [0.1, 0.15) is 4.90 Å². The Kier molecular flexibility index (Phi) is 4.41. The van der Waals surface area contributed by atoms with Gasteiger partial charge in [0.15, 0.2) is 5.82 Å². The zero-order valence-electron chi connectivity index (χ0n) is 10.6. The molecule has 0 N–H and O–H groups in total. The van der Waals surface area contributed by atoms with Crippen molar-refractivity contribution >= 4 is 41.6 Å². The molecule has 1 saturated carbocycles. The first kappa shape index (κ1) is 15.7. The van der Waals surface area contributed by atoms with Gasteiger partial charge in [-0.25, -0.2) is 12.8 Å². The molecular weight excluding hydrogens is 373 g/mol. The summed E-state index contributed by atoms with van der Waals surface area (Å²) < 4.78 is 37.2. The molecule has 1 aliphatic rings. The Morgan fingerprint density at radius 3 is 2.55 bits per heavy atom. The fourth-order valence-corrected chi connectivity index (χ4v) is 3.54. The number of hydrogen-bond donors (Lipinski definition) is 0. The predicted octanol–water partition coefficient (Wildman–Crippen LogP) is 3.14. The highest BCUT2D eigenvalue weighted by molar-refractivity contribution is 9.10. The molecule has 0 radical (unpaired) electrons. The topological polar surface area (TPSA) is 54.5 Å². The van der Waals surface area contributed by atoms with Gasteiger partial charge >= 0.3 is 0 Å². The van der Waals surface area contributed by atoms with E-state index < -0.39 is 25.7 Å². The summed E-state index contributed by atoms with van der Waals surface area (Å²) in [4.78, 5) is 13.2. The quantitative estimate of drug-likeness (QED) is 0.749. The van der Waals surface area contributed by atoms with Crippen molar-refractivity contribution in [1.29, 1.82) is 0 Å². The summed E-state index contributed by atoms with van der Waals surface area (Å²) in [6.07, 6.45) is 1.77. The molecule has 110 valence electrons. The highest BCUT2D eigenvalue weighted by atomic mass is 79.9. The van der Waals surface area contributed by atoms with E-state index in [1.54, 1.807) is 6.92 Å². The molecule has 0 atom stereocenters. The SMILES string of the molecule is CCN(C(=O)c1cc(Br)cc(S(=O)(=O)Cl)c1F)C1CC1. The van der Waals surface area contributed by atoms with Crippen molar-refractivity contribution in [2.75, 3.05) is 6.54 Å². The summed E-state index contributed by atoms with van der Waals surface area (Å²) in [7, 11) is 0.935. The number of benzene rings is 1. The van der Waals surface area contributed by atoms with E-state index in [2.05, 4.69) is 15.9 Å². The second kappa shape index (κ2) is 5.61. The molecule has 0 unspecified atom stereocenters. The Morgan fingerprint density at radius 1 is 1.50 bits per heavy atom. The van der Waals surface area contributed by atoms with Crippen LogP contribution in [-0.4, -0.2) is 31.8 Å². The first-order valence-electron chi connectivity index (χ1n) is 6.00. The van der Waals surface area contributed by atoms with Crippen LogP contribution in [0.1, 0.15) is 30.1 Å². The molecule has 0 aromatic heterocycles. The van der Waals surface area contributed by atoms with Crippen LogP contribution in [0.4, 0.5) is 4.39 Å². The van der Waals surface area contributed by atoms with Gasteiger partial charge in [0.25, 0.3) is 15.0 Å². The minimum atomic E-state index is -4.25. The van der Waals surface area contributed by atoms with Gasteiger partial charge < -0.3 is 4.90 Å². The molecule has 1 aliphatic carbocycles. The van der Waals surface area contributed by atoms with E-state index in [9.17, 15) is 17.6 Å². The molecular formula is C12H12BrClFNO3S. The van der Waals surface area contributed by atoms with Crippen LogP contribution in [0.3, 0.4) is 0 Å². The lowest BCUT2D eigenvalue weighted by Gasteiger charge is -2.21. The molecule has 0 spiro atoms. The monoisotopic (exact) mass is 383 g/mol. The maximum Gasteiger partial charge on any atom is 0.264 e. The van der Waals surface area contributed by atoms with Gasteiger partial charge in [-0.3, -0.25) is 4.79 Å². The molecule has 0 bridgehead atoms. The van der Waals surface area contributed by atoms with Crippen LogP contribution in [0.25, 0.3) is 0 Å². The van der Waals surface area contributed by atoms with Crippen LogP contribution in [0.15, 0.2) is 21.5 Å². The summed E-state index contributed by atoms with van der Waals surface area (Å²) in [5.74, 6) is -1.62. The molecule has 0 aliphatic heterocycles. The van der Waals surface area contributed by atoms with Gasteiger partial charge in [0, 0.05) is 27.7 Å². The van der Waals surface area contributed by atoms with Crippen molar-refractivity contribution in [3.05, 3.63) is 28.0 Å². The summed E-state index contributed by atoms with van der Waals surface area (Å²) in [5, 5.41) is 0. The number of amides is 1. The van der Waals surface area contributed by atoms with Crippen LogP contribution in [0.5, 0.6) is 0 Å². The molecule has 8 heteroatoms.